The van der Waals surface area contributed by atoms with Gasteiger partial charge in [-0.2, -0.15) is 17.9 Å². The molecule has 3 aromatic heterocycles. The molecule has 0 saturated carbocycles. The summed E-state index contributed by atoms with van der Waals surface area (Å²) in [5.41, 5.74) is 9.82. The fourth-order valence-electron chi connectivity index (χ4n) is 3.22. The Hall–Kier alpha value is -3.17. The highest BCUT2D eigenvalue weighted by molar-refractivity contribution is 5.86. The molecule has 3 rings (SSSR count). The molecule has 0 fully saturated rings. The van der Waals surface area contributed by atoms with Gasteiger partial charge in [-0.05, 0) is 51.0 Å². The van der Waals surface area contributed by atoms with E-state index in [0.29, 0.717) is 11.3 Å². The van der Waals surface area contributed by atoms with Gasteiger partial charge in [-0.15, -0.1) is 9.50 Å². The van der Waals surface area contributed by atoms with E-state index in [9.17, 15) is 18.0 Å². The molecule has 0 atom stereocenters. The summed E-state index contributed by atoms with van der Waals surface area (Å²) in [7, 11) is 0. The van der Waals surface area contributed by atoms with Crippen LogP contribution in [0.5, 0.6) is 0 Å². The minimum absolute atomic E-state index is 0.00860. The summed E-state index contributed by atoms with van der Waals surface area (Å²) in [5.74, 6) is -0.00860. The van der Waals surface area contributed by atoms with Crippen molar-refractivity contribution in [2.75, 3.05) is 5.73 Å². The van der Waals surface area contributed by atoms with Crippen LogP contribution in [0.3, 0.4) is 0 Å². The second-order valence-electron chi connectivity index (χ2n) is 6.90. The van der Waals surface area contributed by atoms with E-state index >= 15 is 0 Å². The van der Waals surface area contributed by atoms with E-state index in [1.54, 1.807) is 0 Å². The van der Waals surface area contributed by atoms with Crippen molar-refractivity contribution in [3.63, 3.8) is 0 Å². The average Bonchev–Trinajstić information content (AvgIpc) is 2.94. The SMILES string of the molecule is C/C=C(\C)c1[nH+]c(N)n2c(=O)n(CCC(F)(F)F)nc2c1-c1cc(C)nc(C)c1. The van der Waals surface area contributed by atoms with Gasteiger partial charge in [-0.25, -0.2) is 9.78 Å². The molecule has 0 aliphatic carbocycles. The molecule has 0 aromatic carbocycles. The van der Waals surface area contributed by atoms with Gasteiger partial charge >= 0.3 is 17.8 Å². The third kappa shape index (κ3) is 4.01. The van der Waals surface area contributed by atoms with Crippen molar-refractivity contribution in [3.05, 3.63) is 45.8 Å². The van der Waals surface area contributed by atoms with Crippen molar-refractivity contribution in [1.82, 2.24) is 19.2 Å². The molecule has 3 aromatic rings. The Morgan fingerprint density at radius 1 is 1.28 bits per heavy atom. The molecule has 3 N–H and O–H groups in total. The first-order valence-electron chi connectivity index (χ1n) is 9.02. The molecule has 0 spiro atoms. The molecular weight excluding hydrogens is 385 g/mol. The first-order chi connectivity index (χ1) is 13.5. The highest BCUT2D eigenvalue weighted by atomic mass is 19.4. The number of pyridine rings is 1. The lowest BCUT2D eigenvalue weighted by atomic mass is 10.00. The van der Waals surface area contributed by atoms with Crippen LogP contribution in [0.25, 0.3) is 22.3 Å². The highest BCUT2D eigenvalue weighted by Gasteiger charge is 2.30. The first kappa shape index (κ1) is 20.6. The molecule has 7 nitrogen and oxygen atoms in total. The summed E-state index contributed by atoms with van der Waals surface area (Å²) in [4.78, 5) is 20.1. The zero-order valence-corrected chi connectivity index (χ0v) is 16.6. The number of rotatable bonds is 4. The minimum atomic E-state index is -4.40. The third-order valence-electron chi connectivity index (χ3n) is 4.61. The Morgan fingerprint density at radius 3 is 2.45 bits per heavy atom. The normalized spacial score (nSPS) is 12.7. The number of hydrogen-bond donors (Lipinski definition) is 1. The monoisotopic (exact) mass is 407 g/mol. The van der Waals surface area contributed by atoms with Gasteiger partial charge in [0.05, 0.1) is 18.5 Å². The Labute approximate surface area is 164 Å². The van der Waals surface area contributed by atoms with Gasteiger partial charge in [0.1, 0.15) is 5.69 Å². The largest absolute Gasteiger partial charge is 0.411 e. The van der Waals surface area contributed by atoms with E-state index in [1.165, 1.54) is 0 Å². The summed E-state index contributed by atoms with van der Waals surface area (Å²) >= 11 is 0. The number of nitrogens with two attached hydrogens (primary N) is 1. The fourth-order valence-corrected chi connectivity index (χ4v) is 3.22. The van der Waals surface area contributed by atoms with Gasteiger partial charge in [0, 0.05) is 11.4 Å². The number of alkyl halides is 3. The number of anilines is 1. The van der Waals surface area contributed by atoms with Crippen molar-refractivity contribution in [2.45, 2.75) is 46.8 Å². The summed E-state index contributed by atoms with van der Waals surface area (Å²) in [6.45, 7) is 6.81. The van der Waals surface area contributed by atoms with Crippen LogP contribution in [0.1, 0.15) is 37.4 Å². The number of halogens is 3. The number of aromatic amines is 1. The molecule has 0 radical (unpaired) electrons. The maximum Gasteiger partial charge on any atom is 0.411 e. The summed E-state index contributed by atoms with van der Waals surface area (Å²) < 4.78 is 39.9. The second kappa shape index (κ2) is 7.34. The molecule has 0 unspecified atom stereocenters. The van der Waals surface area contributed by atoms with E-state index in [4.69, 9.17) is 5.73 Å². The molecule has 0 aliphatic rings. The molecular formula is C19H22F3N6O+. The highest BCUT2D eigenvalue weighted by Crippen LogP contribution is 2.30. The summed E-state index contributed by atoms with van der Waals surface area (Å²) in [6, 6.07) is 3.66. The average molecular weight is 407 g/mol. The van der Waals surface area contributed by atoms with Crippen LogP contribution >= 0.6 is 0 Å². The summed E-state index contributed by atoms with van der Waals surface area (Å²) in [6.07, 6.45) is -3.70. The molecule has 0 bridgehead atoms. The molecule has 29 heavy (non-hydrogen) atoms. The standard InChI is InChI=1S/C19H21F3N6O/c1-5-10(2)15-14(13-8-11(3)24-12(4)9-13)16-26-27(7-6-19(20,21)22)18(29)28(16)17(23)25-15/h5,8-9H,6-7H2,1-4H3,(H2,23,25)/p+1/b10-5+. The van der Waals surface area contributed by atoms with Crippen molar-refractivity contribution < 1.29 is 18.2 Å². The number of aryl methyl sites for hydroxylation is 3. The quantitative estimate of drug-likeness (QED) is 0.720. The smallest absolute Gasteiger partial charge is 0.290 e. The Kier molecular flexibility index (Phi) is 5.20. The number of nitrogen functional groups attached to an aromatic ring is 1. The van der Waals surface area contributed by atoms with Gasteiger partial charge in [0.15, 0.2) is 0 Å². The number of H-pyrrole nitrogens is 1. The van der Waals surface area contributed by atoms with Gasteiger partial charge in [0.25, 0.3) is 0 Å². The van der Waals surface area contributed by atoms with Gasteiger partial charge < -0.3 is 0 Å². The first-order valence-corrected chi connectivity index (χ1v) is 9.02. The molecule has 0 saturated heterocycles. The number of nitrogens with one attached hydrogen (secondary N) is 1. The number of hydrogen-bond acceptors (Lipinski definition) is 4. The third-order valence-corrected chi connectivity index (χ3v) is 4.61. The Bertz CT molecular complexity index is 1150. The minimum Gasteiger partial charge on any atom is -0.290 e. The lowest BCUT2D eigenvalue weighted by Gasteiger charge is -2.10. The Balaban J connectivity index is 2.37. The van der Waals surface area contributed by atoms with Gasteiger partial charge in [-0.1, -0.05) is 6.08 Å². The molecule has 0 aliphatic heterocycles. The van der Waals surface area contributed by atoms with E-state index < -0.39 is 24.8 Å². The van der Waals surface area contributed by atoms with Crippen LogP contribution in [0.2, 0.25) is 0 Å². The van der Waals surface area contributed by atoms with Crippen LogP contribution in [-0.2, 0) is 6.54 Å². The zero-order valence-electron chi connectivity index (χ0n) is 16.6. The lowest BCUT2D eigenvalue weighted by Crippen LogP contribution is -2.29. The number of aromatic nitrogens is 5. The van der Waals surface area contributed by atoms with Gasteiger partial charge in [0.2, 0.25) is 5.65 Å². The van der Waals surface area contributed by atoms with Crippen molar-refractivity contribution in [2.24, 2.45) is 0 Å². The number of nitrogens with zero attached hydrogens (tertiary/aromatic N) is 4. The van der Waals surface area contributed by atoms with Crippen LogP contribution in [0.15, 0.2) is 23.0 Å². The maximum absolute atomic E-state index is 12.7. The lowest BCUT2D eigenvalue weighted by molar-refractivity contribution is -0.368. The van der Waals surface area contributed by atoms with Crippen molar-refractivity contribution >= 4 is 17.2 Å². The number of allylic oxidation sites excluding steroid dienone is 2. The maximum atomic E-state index is 12.7. The van der Waals surface area contributed by atoms with Crippen LogP contribution in [0.4, 0.5) is 19.1 Å². The van der Waals surface area contributed by atoms with Crippen LogP contribution in [-0.4, -0.2) is 25.3 Å². The Morgan fingerprint density at radius 2 is 1.90 bits per heavy atom. The predicted octanol–water partition coefficient (Wildman–Crippen LogP) is 2.95. The van der Waals surface area contributed by atoms with Gasteiger partial charge in [-0.3, -0.25) is 10.7 Å². The number of fused-ring (bicyclic) bond motifs is 1. The summed E-state index contributed by atoms with van der Waals surface area (Å²) in [5, 5.41) is 4.21. The van der Waals surface area contributed by atoms with Crippen molar-refractivity contribution in [1.29, 1.82) is 0 Å². The van der Waals surface area contributed by atoms with Crippen molar-refractivity contribution in [3.8, 4) is 11.1 Å². The van der Waals surface area contributed by atoms with E-state index in [2.05, 4.69) is 15.1 Å². The van der Waals surface area contributed by atoms with E-state index in [-0.39, 0.29) is 11.6 Å². The molecule has 0 amide bonds. The van der Waals surface area contributed by atoms with Crippen LogP contribution < -0.4 is 16.4 Å². The molecule has 3 heterocycles. The predicted molar refractivity (Wildman–Crippen MR) is 103 cm³/mol. The molecule has 154 valence electrons. The second-order valence-corrected chi connectivity index (χ2v) is 6.90. The molecule has 10 heteroatoms. The topological polar surface area (TPSA) is 92.3 Å². The fraction of sp³-hybridized carbons (Fsp3) is 0.368. The van der Waals surface area contributed by atoms with E-state index in [0.717, 1.165) is 31.6 Å². The van der Waals surface area contributed by atoms with Crippen LogP contribution in [0, 0.1) is 13.8 Å². The zero-order chi connectivity index (χ0) is 21.5. The van der Waals surface area contributed by atoms with E-state index in [1.807, 2.05) is 45.9 Å².